The van der Waals surface area contributed by atoms with Crippen molar-refractivity contribution in [2.75, 3.05) is 21.3 Å². The molecule has 4 atom stereocenters. The molecule has 0 saturated carbocycles. The van der Waals surface area contributed by atoms with Crippen molar-refractivity contribution in [2.24, 2.45) is 15.9 Å². The Kier molecular flexibility index (Phi) is 9.97. The van der Waals surface area contributed by atoms with Crippen molar-refractivity contribution in [3.63, 3.8) is 0 Å². The standard InChI is InChI=1S/C38H46N4O7/c1-22-30(13-14-32(44)47-6)38(18-16-34(46)49-8)25(4)37(17-15-33(45)48-7)23(2)35(24(3)43)36(5,42-37)21-29-12-11-27(40-29)19-26-9-10-28(39-26)20-31(22)41-38/h9-12,19-21,25,39,42H,13-18H2,1-8H3. The van der Waals surface area contributed by atoms with Crippen LogP contribution in [0.25, 0.3) is 12.2 Å². The highest BCUT2D eigenvalue weighted by molar-refractivity contribution is 6.22. The van der Waals surface area contributed by atoms with Gasteiger partial charge in [-0.15, -0.1) is 0 Å². The quantitative estimate of drug-likeness (QED) is 0.284. The molecule has 1 aromatic rings. The number of Topliss-reactive ketones (excluding diaryl/α,β-unsaturated/α-hetero) is 1. The topological polar surface area (TPSA) is 149 Å². The molecule has 4 aliphatic rings. The number of H-pyrrole nitrogens is 1. The zero-order valence-corrected chi connectivity index (χ0v) is 29.6. The first kappa shape index (κ1) is 35.7. The van der Waals surface area contributed by atoms with Crippen LogP contribution in [0, 0.1) is 5.92 Å². The summed E-state index contributed by atoms with van der Waals surface area (Å²) in [5, 5.41) is 5.54. The molecular formula is C38H46N4O7. The Balaban J connectivity index is 1.87. The SMILES string of the molecule is COC(=O)CCC1=C(C)C2=NC1(CCC(=O)OC)C(C)C1(CCC(=O)OC)NC(C)(C=C3C=CC(=N3)C=c3ccc([nH]3)=C2)C(C(C)=O)=C1C. The van der Waals surface area contributed by atoms with Gasteiger partial charge in [-0.1, -0.05) is 6.92 Å². The number of hydrogen-bond acceptors (Lipinski definition) is 10. The van der Waals surface area contributed by atoms with Crippen molar-refractivity contribution >= 4 is 47.3 Å². The largest absolute Gasteiger partial charge is 0.469 e. The molecule has 8 bridgehead atoms. The molecule has 0 aromatic carbocycles. The molecule has 49 heavy (non-hydrogen) atoms. The fourth-order valence-electron chi connectivity index (χ4n) is 8.33. The van der Waals surface area contributed by atoms with E-state index in [9.17, 15) is 19.2 Å². The fourth-order valence-corrected chi connectivity index (χ4v) is 8.33. The fraction of sp³-hybridized carbons (Fsp3) is 0.474. The number of carbonyl (C=O) groups excluding carboxylic acids is 4. The molecular weight excluding hydrogens is 624 g/mol. The second-order valence-electron chi connectivity index (χ2n) is 13.4. The number of aromatic nitrogens is 1. The summed E-state index contributed by atoms with van der Waals surface area (Å²) in [6.07, 6.45) is 10.8. The van der Waals surface area contributed by atoms with E-state index in [4.69, 9.17) is 24.2 Å². The molecule has 11 heteroatoms. The van der Waals surface area contributed by atoms with Crippen LogP contribution >= 0.6 is 0 Å². The molecule has 11 nitrogen and oxygen atoms in total. The average Bonchev–Trinajstić information content (AvgIpc) is 3.81. The number of allylic oxidation sites excluding steroid dienone is 3. The number of hydrogen-bond donors (Lipinski definition) is 2. The lowest BCUT2D eigenvalue weighted by atomic mass is 9.62. The first-order valence-electron chi connectivity index (χ1n) is 16.6. The van der Waals surface area contributed by atoms with Gasteiger partial charge in [0.1, 0.15) is 0 Å². The van der Waals surface area contributed by atoms with Gasteiger partial charge < -0.3 is 19.2 Å². The van der Waals surface area contributed by atoms with E-state index in [-0.39, 0.29) is 43.9 Å². The predicted octanol–water partition coefficient (Wildman–Crippen LogP) is 3.50. The minimum atomic E-state index is -1.06. The number of aromatic amines is 1. The molecule has 5 rings (SSSR count). The van der Waals surface area contributed by atoms with Gasteiger partial charge in [-0.3, -0.25) is 29.5 Å². The van der Waals surface area contributed by atoms with E-state index in [2.05, 4.69) is 17.2 Å². The highest BCUT2D eigenvalue weighted by Gasteiger charge is 2.59. The maximum atomic E-state index is 13.6. The molecule has 0 spiro atoms. The van der Waals surface area contributed by atoms with Gasteiger partial charge in [0.15, 0.2) is 5.78 Å². The van der Waals surface area contributed by atoms with Crippen molar-refractivity contribution in [3.8, 4) is 0 Å². The predicted molar refractivity (Wildman–Crippen MR) is 187 cm³/mol. The maximum Gasteiger partial charge on any atom is 0.305 e. The summed E-state index contributed by atoms with van der Waals surface area (Å²) in [6, 6.07) is 3.94. The van der Waals surface area contributed by atoms with Crippen LogP contribution in [0.1, 0.15) is 73.1 Å². The van der Waals surface area contributed by atoms with E-state index in [1.807, 2.05) is 63.3 Å². The summed E-state index contributed by atoms with van der Waals surface area (Å²) in [6.45, 7) is 9.48. The molecule has 0 amide bonds. The molecule has 260 valence electrons. The third-order valence-electron chi connectivity index (χ3n) is 10.7. The lowest BCUT2D eigenvalue weighted by Crippen LogP contribution is -2.60. The Morgan fingerprint density at radius 2 is 1.49 bits per heavy atom. The molecule has 0 fully saturated rings. The number of ketones is 1. The second kappa shape index (κ2) is 13.7. The Morgan fingerprint density at radius 3 is 2.12 bits per heavy atom. The number of nitrogens with zero attached hydrogens (tertiary/aromatic N) is 2. The minimum Gasteiger partial charge on any atom is -0.469 e. The number of nitrogens with one attached hydrogen (secondary N) is 2. The molecule has 0 saturated heterocycles. The lowest BCUT2D eigenvalue weighted by molar-refractivity contribution is -0.142. The van der Waals surface area contributed by atoms with Crippen molar-refractivity contribution in [2.45, 2.75) is 89.8 Å². The number of fused-ring (bicyclic) bond motifs is 6. The second-order valence-corrected chi connectivity index (χ2v) is 13.4. The first-order valence-corrected chi connectivity index (χ1v) is 16.6. The van der Waals surface area contributed by atoms with E-state index in [1.165, 1.54) is 21.3 Å². The van der Waals surface area contributed by atoms with Crippen LogP contribution in [0.4, 0.5) is 0 Å². The summed E-state index contributed by atoms with van der Waals surface area (Å²) < 4.78 is 15.3. The number of ether oxygens (including phenoxy) is 3. The Hall–Kier alpha value is -4.64. The number of rotatable bonds is 10. The van der Waals surface area contributed by atoms with E-state index in [0.717, 1.165) is 33.1 Å². The van der Waals surface area contributed by atoms with Crippen LogP contribution in [-0.4, -0.2) is 78.0 Å². The summed E-state index contributed by atoms with van der Waals surface area (Å²) in [5.41, 5.74) is 2.23. The Bertz CT molecular complexity index is 1910. The van der Waals surface area contributed by atoms with Crippen LogP contribution in [0.2, 0.25) is 0 Å². The summed E-state index contributed by atoms with van der Waals surface area (Å²) in [4.78, 5) is 65.7. The van der Waals surface area contributed by atoms with Gasteiger partial charge in [-0.05, 0) is 106 Å². The lowest BCUT2D eigenvalue weighted by Gasteiger charge is -2.49. The van der Waals surface area contributed by atoms with Gasteiger partial charge >= 0.3 is 17.9 Å². The molecule has 0 radical (unpaired) electrons. The maximum absolute atomic E-state index is 13.6. The van der Waals surface area contributed by atoms with Gasteiger partial charge in [-0.25, -0.2) is 4.99 Å². The third-order valence-corrected chi connectivity index (χ3v) is 10.7. The van der Waals surface area contributed by atoms with Gasteiger partial charge in [0, 0.05) is 47.0 Å². The van der Waals surface area contributed by atoms with Gasteiger partial charge in [0.05, 0.1) is 49.5 Å². The molecule has 5 heterocycles. The summed E-state index contributed by atoms with van der Waals surface area (Å²) in [5.74, 6) is -1.73. The molecule has 2 N–H and O–H groups in total. The van der Waals surface area contributed by atoms with Gasteiger partial charge in [0.2, 0.25) is 0 Å². The smallest absolute Gasteiger partial charge is 0.305 e. The Labute approximate surface area is 286 Å². The third kappa shape index (κ3) is 6.56. The van der Waals surface area contributed by atoms with Crippen molar-refractivity contribution < 1.29 is 33.4 Å². The Morgan fingerprint density at radius 1 is 0.878 bits per heavy atom. The van der Waals surface area contributed by atoms with Crippen molar-refractivity contribution in [1.82, 2.24) is 10.3 Å². The summed E-state index contributed by atoms with van der Waals surface area (Å²) >= 11 is 0. The first-order chi connectivity index (χ1) is 23.2. The molecule has 0 aliphatic carbocycles. The number of carbonyl (C=O) groups is 4. The van der Waals surface area contributed by atoms with E-state index >= 15 is 0 Å². The van der Waals surface area contributed by atoms with Gasteiger partial charge in [0.25, 0.3) is 0 Å². The zero-order valence-electron chi connectivity index (χ0n) is 29.6. The van der Waals surface area contributed by atoms with Crippen LogP contribution in [0.15, 0.2) is 68.3 Å². The number of aliphatic imine (C=N–C) groups is 2. The average molecular weight is 671 g/mol. The van der Waals surface area contributed by atoms with Crippen molar-refractivity contribution in [1.29, 1.82) is 0 Å². The molecule has 4 aliphatic heterocycles. The normalized spacial score (nSPS) is 27.2. The molecule has 1 aromatic heterocycles. The van der Waals surface area contributed by atoms with E-state index < -0.39 is 34.5 Å². The number of esters is 3. The zero-order chi connectivity index (χ0) is 35.7. The highest BCUT2D eigenvalue weighted by Crippen LogP contribution is 2.54. The number of methoxy groups -OCH3 is 3. The van der Waals surface area contributed by atoms with Crippen LogP contribution < -0.4 is 16.0 Å². The monoisotopic (exact) mass is 670 g/mol. The summed E-state index contributed by atoms with van der Waals surface area (Å²) in [7, 11) is 4.06. The van der Waals surface area contributed by atoms with Crippen LogP contribution in [0.5, 0.6) is 0 Å². The minimum absolute atomic E-state index is 0.0489. The van der Waals surface area contributed by atoms with E-state index in [0.29, 0.717) is 23.4 Å². The van der Waals surface area contributed by atoms with Crippen molar-refractivity contribution in [3.05, 3.63) is 69.0 Å². The van der Waals surface area contributed by atoms with Crippen LogP contribution in [0.3, 0.4) is 0 Å². The van der Waals surface area contributed by atoms with Crippen LogP contribution in [-0.2, 0) is 33.4 Å². The molecule has 4 unspecified atom stereocenters. The highest BCUT2D eigenvalue weighted by atomic mass is 16.5. The van der Waals surface area contributed by atoms with E-state index in [1.54, 1.807) is 6.92 Å². The van der Waals surface area contributed by atoms with Gasteiger partial charge in [-0.2, -0.15) is 0 Å².